The van der Waals surface area contributed by atoms with Gasteiger partial charge in [0, 0.05) is 30.2 Å². The summed E-state index contributed by atoms with van der Waals surface area (Å²) in [4.78, 5) is 14.0. The Labute approximate surface area is 162 Å². The molecule has 1 N–H and O–H groups in total. The van der Waals surface area contributed by atoms with Crippen LogP contribution in [-0.4, -0.2) is 34.0 Å². The molecule has 1 aromatic carbocycles. The summed E-state index contributed by atoms with van der Waals surface area (Å²) in [7, 11) is 0. The van der Waals surface area contributed by atoms with Crippen LogP contribution < -0.4 is 5.32 Å². The molecule has 1 aromatic rings. The number of fused-ring (bicyclic) bond motifs is 2. The second-order valence-electron chi connectivity index (χ2n) is 8.77. The predicted molar refractivity (Wildman–Crippen MR) is 109 cm³/mol. The summed E-state index contributed by atoms with van der Waals surface area (Å²) in [6.07, 6.45) is 15.9. The minimum atomic E-state index is -0.271. The zero-order valence-electron chi connectivity index (χ0n) is 16.3. The Balaban J connectivity index is 1.46. The standard InChI is InChI=1S/C22H33N3O2/c26-25(27)22-14-7-6-13-21(22)23-17-15-19-11-8-12-20(16-17)24(19)18-9-4-2-1-3-5-10-18/h6-7,13-14,17-20,23H,1-5,8-12,15-16H2/t17-,19+,20-. The Morgan fingerprint density at radius 3 is 2.11 bits per heavy atom. The Morgan fingerprint density at radius 2 is 1.44 bits per heavy atom. The monoisotopic (exact) mass is 371 g/mol. The molecule has 3 atom stereocenters. The molecule has 27 heavy (non-hydrogen) atoms. The predicted octanol–water partition coefficient (Wildman–Crippen LogP) is 5.51. The molecule has 4 rings (SSSR count). The number of piperidine rings is 2. The first-order valence-electron chi connectivity index (χ1n) is 11.0. The largest absolute Gasteiger partial charge is 0.377 e. The van der Waals surface area contributed by atoms with Gasteiger partial charge in [-0.1, -0.05) is 50.7 Å². The van der Waals surface area contributed by atoms with Crippen LogP contribution in [0.5, 0.6) is 0 Å². The van der Waals surface area contributed by atoms with Crippen LogP contribution in [0.1, 0.15) is 77.0 Å². The molecule has 0 unspecified atom stereocenters. The molecule has 2 bridgehead atoms. The Hall–Kier alpha value is -1.62. The van der Waals surface area contributed by atoms with E-state index in [9.17, 15) is 10.1 Å². The SMILES string of the molecule is O=[N+]([O-])c1ccccc1N[C@H]1C[C@H]2CCC[C@@H](C1)N2C1CCCCCCC1. The molecule has 3 fully saturated rings. The van der Waals surface area contributed by atoms with E-state index in [4.69, 9.17) is 0 Å². The van der Waals surface area contributed by atoms with Gasteiger partial charge in [0.1, 0.15) is 5.69 Å². The van der Waals surface area contributed by atoms with E-state index in [0.29, 0.717) is 23.8 Å². The number of rotatable bonds is 4. The highest BCUT2D eigenvalue weighted by Gasteiger charge is 2.41. The van der Waals surface area contributed by atoms with E-state index >= 15 is 0 Å². The number of anilines is 1. The molecule has 2 heterocycles. The third kappa shape index (κ3) is 4.29. The number of nitrogens with zero attached hydrogens (tertiary/aromatic N) is 2. The molecule has 0 spiro atoms. The molecule has 3 aliphatic rings. The van der Waals surface area contributed by atoms with Crippen molar-refractivity contribution < 1.29 is 4.92 Å². The minimum absolute atomic E-state index is 0.199. The van der Waals surface area contributed by atoms with Crippen LogP contribution in [0, 0.1) is 10.1 Å². The topological polar surface area (TPSA) is 58.4 Å². The maximum absolute atomic E-state index is 11.3. The van der Waals surface area contributed by atoms with Gasteiger partial charge in [-0.3, -0.25) is 15.0 Å². The lowest BCUT2D eigenvalue weighted by molar-refractivity contribution is -0.384. The molecular formula is C22H33N3O2. The highest BCUT2D eigenvalue weighted by Crippen LogP contribution is 2.40. The van der Waals surface area contributed by atoms with Crippen molar-refractivity contribution in [1.29, 1.82) is 0 Å². The molecule has 0 aromatic heterocycles. The number of benzene rings is 1. The number of nitro benzene ring substituents is 1. The second-order valence-corrected chi connectivity index (χ2v) is 8.77. The van der Waals surface area contributed by atoms with E-state index in [1.807, 2.05) is 12.1 Å². The highest BCUT2D eigenvalue weighted by molar-refractivity contribution is 5.61. The van der Waals surface area contributed by atoms with E-state index in [1.54, 1.807) is 12.1 Å². The Morgan fingerprint density at radius 1 is 0.852 bits per heavy atom. The summed E-state index contributed by atoms with van der Waals surface area (Å²) in [6, 6.07) is 9.53. The van der Waals surface area contributed by atoms with Crippen molar-refractivity contribution in [3.05, 3.63) is 34.4 Å². The van der Waals surface area contributed by atoms with Gasteiger partial charge < -0.3 is 5.32 Å². The van der Waals surface area contributed by atoms with E-state index in [2.05, 4.69) is 10.2 Å². The van der Waals surface area contributed by atoms with Gasteiger partial charge in [0.15, 0.2) is 0 Å². The van der Waals surface area contributed by atoms with Crippen LogP contribution in [0.2, 0.25) is 0 Å². The molecular weight excluding hydrogens is 338 g/mol. The summed E-state index contributed by atoms with van der Waals surface area (Å²) in [6.45, 7) is 0. The quantitative estimate of drug-likeness (QED) is 0.560. The fourth-order valence-corrected chi connectivity index (χ4v) is 5.84. The fourth-order valence-electron chi connectivity index (χ4n) is 5.84. The molecule has 1 aliphatic carbocycles. The summed E-state index contributed by atoms with van der Waals surface area (Å²) in [5.74, 6) is 0. The smallest absolute Gasteiger partial charge is 0.292 e. The van der Waals surface area contributed by atoms with Crippen molar-refractivity contribution in [2.24, 2.45) is 0 Å². The average molecular weight is 372 g/mol. The fraction of sp³-hybridized carbons (Fsp3) is 0.727. The first kappa shape index (κ1) is 18.7. The summed E-state index contributed by atoms with van der Waals surface area (Å²) < 4.78 is 0. The number of nitro groups is 1. The van der Waals surface area contributed by atoms with E-state index in [-0.39, 0.29) is 10.6 Å². The van der Waals surface area contributed by atoms with E-state index in [0.717, 1.165) is 18.9 Å². The number of hydrogen-bond acceptors (Lipinski definition) is 4. The van der Waals surface area contributed by atoms with Gasteiger partial charge in [-0.15, -0.1) is 0 Å². The van der Waals surface area contributed by atoms with Crippen molar-refractivity contribution in [3.63, 3.8) is 0 Å². The summed E-state index contributed by atoms with van der Waals surface area (Å²) in [5, 5.41) is 14.9. The van der Waals surface area contributed by atoms with Crippen LogP contribution >= 0.6 is 0 Å². The van der Waals surface area contributed by atoms with Crippen LogP contribution in [0.3, 0.4) is 0 Å². The Kier molecular flexibility index (Phi) is 5.96. The van der Waals surface area contributed by atoms with Crippen molar-refractivity contribution in [2.45, 2.75) is 101 Å². The van der Waals surface area contributed by atoms with Crippen LogP contribution in [0.15, 0.2) is 24.3 Å². The van der Waals surface area contributed by atoms with Crippen LogP contribution in [0.25, 0.3) is 0 Å². The van der Waals surface area contributed by atoms with Crippen molar-refractivity contribution >= 4 is 11.4 Å². The maximum Gasteiger partial charge on any atom is 0.292 e. The lowest BCUT2D eigenvalue weighted by Gasteiger charge is -2.53. The summed E-state index contributed by atoms with van der Waals surface area (Å²) >= 11 is 0. The minimum Gasteiger partial charge on any atom is -0.377 e. The lowest BCUT2D eigenvalue weighted by atomic mass is 9.79. The van der Waals surface area contributed by atoms with Crippen molar-refractivity contribution in [3.8, 4) is 0 Å². The third-order valence-corrected chi connectivity index (χ3v) is 6.99. The number of para-hydroxylation sites is 2. The van der Waals surface area contributed by atoms with Gasteiger partial charge in [0.25, 0.3) is 5.69 Å². The lowest BCUT2D eigenvalue weighted by Crippen LogP contribution is -2.58. The molecule has 148 valence electrons. The van der Waals surface area contributed by atoms with Crippen molar-refractivity contribution in [1.82, 2.24) is 4.90 Å². The van der Waals surface area contributed by atoms with E-state index < -0.39 is 0 Å². The van der Waals surface area contributed by atoms with Crippen LogP contribution in [0.4, 0.5) is 11.4 Å². The molecule has 0 amide bonds. The zero-order chi connectivity index (χ0) is 18.6. The number of hydrogen-bond donors (Lipinski definition) is 1. The van der Waals surface area contributed by atoms with Gasteiger partial charge >= 0.3 is 0 Å². The molecule has 5 heteroatoms. The molecule has 2 aliphatic heterocycles. The summed E-state index contributed by atoms with van der Waals surface area (Å²) in [5.41, 5.74) is 0.884. The first-order valence-corrected chi connectivity index (χ1v) is 11.0. The Bertz CT molecular complexity index is 628. The van der Waals surface area contributed by atoms with Gasteiger partial charge in [0.05, 0.1) is 4.92 Å². The van der Waals surface area contributed by atoms with Crippen LogP contribution in [-0.2, 0) is 0 Å². The second kappa shape index (κ2) is 8.59. The molecule has 0 radical (unpaired) electrons. The molecule has 2 saturated heterocycles. The van der Waals surface area contributed by atoms with Gasteiger partial charge in [-0.25, -0.2) is 0 Å². The average Bonchev–Trinajstić information content (AvgIpc) is 2.61. The third-order valence-electron chi connectivity index (χ3n) is 6.99. The maximum atomic E-state index is 11.3. The van der Waals surface area contributed by atoms with Gasteiger partial charge in [-0.05, 0) is 44.6 Å². The van der Waals surface area contributed by atoms with Gasteiger partial charge in [0.2, 0.25) is 0 Å². The molecule has 5 nitrogen and oxygen atoms in total. The normalized spacial score (nSPS) is 30.3. The van der Waals surface area contributed by atoms with Crippen molar-refractivity contribution in [2.75, 3.05) is 5.32 Å². The van der Waals surface area contributed by atoms with E-state index in [1.165, 1.54) is 64.2 Å². The first-order chi connectivity index (χ1) is 13.2. The molecule has 1 saturated carbocycles. The number of nitrogens with one attached hydrogen (secondary N) is 1. The zero-order valence-corrected chi connectivity index (χ0v) is 16.3. The van der Waals surface area contributed by atoms with Gasteiger partial charge in [-0.2, -0.15) is 0 Å². The highest BCUT2D eigenvalue weighted by atomic mass is 16.6.